The second-order valence-corrected chi connectivity index (χ2v) is 5.28. The van der Waals surface area contributed by atoms with E-state index in [1.165, 1.54) is 0 Å². The number of nitrogens with two attached hydrogens (primary N) is 1. The summed E-state index contributed by atoms with van der Waals surface area (Å²) in [6.07, 6.45) is 1.04. The van der Waals surface area contributed by atoms with Crippen LogP contribution in [0.4, 0.5) is 0 Å². The number of rotatable bonds is 3. The summed E-state index contributed by atoms with van der Waals surface area (Å²) in [5.74, 6) is 0.488. The molecular formula is C15H21N3. The minimum atomic E-state index is -0.0345. The van der Waals surface area contributed by atoms with Gasteiger partial charge in [-0.05, 0) is 24.4 Å². The van der Waals surface area contributed by atoms with Crippen LogP contribution >= 0.6 is 0 Å². The average Bonchev–Trinajstić information content (AvgIpc) is 2.41. The van der Waals surface area contributed by atoms with E-state index in [0.29, 0.717) is 12.0 Å². The third-order valence-corrected chi connectivity index (χ3v) is 3.85. The summed E-state index contributed by atoms with van der Waals surface area (Å²) >= 11 is 0. The summed E-state index contributed by atoms with van der Waals surface area (Å²) in [5, 5.41) is 9.33. The van der Waals surface area contributed by atoms with Gasteiger partial charge in [0, 0.05) is 19.1 Å². The highest BCUT2D eigenvalue weighted by Crippen LogP contribution is 2.20. The highest BCUT2D eigenvalue weighted by Gasteiger charge is 2.25. The smallest absolute Gasteiger partial charge is 0.0839 e. The Hall–Kier alpha value is -1.37. The molecule has 1 aromatic rings. The van der Waals surface area contributed by atoms with Crippen molar-refractivity contribution in [2.45, 2.75) is 25.3 Å². The number of benzene rings is 1. The molecule has 0 aromatic heterocycles. The first-order chi connectivity index (χ1) is 8.70. The molecule has 0 aliphatic carbocycles. The van der Waals surface area contributed by atoms with E-state index in [0.717, 1.165) is 31.6 Å². The number of piperidine rings is 1. The fourth-order valence-corrected chi connectivity index (χ4v) is 2.58. The van der Waals surface area contributed by atoms with Gasteiger partial charge in [0.25, 0.3) is 0 Å². The Morgan fingerprint density at radius 2 is 2.17 bits per heavy atom. The lowest BCUT2D eigenvalue weighted by molar-refractivity contribution is 0.162. The molecule has 3 heteroatoms. The van der Waals surface area contributed by atoms with Crippen LogP contribution in [0.1, 0.15) is 24.8 Å². The Bertz CT molecular complexity index is 409. The third kappa shape index (κ3) is 3.10. The second kappa shape index (κ2) is 5.99. The van der Waals surface area contributed by atoms with E-state index in [-0.39, 0.29) is 5.92 Å². The van der Waals surface area contributed by atoms with Crippen LogP contribution in [-0.2, 0) is 0 Å². The fourth-order valence-electron chi connectivity index (χ4n) is 2.58. The van der Waals surface area contributed by atoms with E-state index in [9.17, 15) is 5.26 Å². The van der Waals surface area contributed by atoms with Gasteiger partial charge in [-0.3, -0.25) is 0 Å². The maximum absolute atomic E-state index is 9.33. The summed E-state index contributed by atoms with van der Waals surface area (Å²) in [4.78, 5) is 2.37. The lowest BCUT2D eigenvalue weighted by atomic mass is 9.93. The molecule has 1 aromatic carbocycles. The van der Waals surface area contributed by atoms with E-state index in [1.54, 1.807) is 0 Å². The Balaban J connectivity index is 1.98. The Labute approximate surface area is 109 Å². The van der Waals surface area contributed by atoms with Gasteiger partial charge in [-0.2, -0.15) is 5.26 Å². The van der Waals surface area contributed by atoms with Crippen molar-refractivity contribution in [3.8, 4) is 6.07 Å². The molecule has 18 heavy (non-hydrogen) atoms. The molecule has 0 radical (unpaired) electrons. The maximum Gasteiger partial charge on any atom is 0.0839 e. The van der Waals surface area contributed by atoms with Gasteiger partial charge in [0.15, 0.2) is 0 Å². The van der Waals surface area contributed by atoms with Crippen LogP contribution in [0.2, 0.25) is 0 Å². The number of nitrogens with zero attached hydrogens (tertiary/aromatic N) is 2. The summed E-state index contributed by atoms with van der Waals surface area (Å²) < 4.78 is 0. The SMILES string of the molecule is CC1CN(CC(C#N)c2ccccc2)CCC1N. The molecule has 2 rings (SSSR count). The summed E-state index contributed by atoms with van der Waals surface area (Å²) in [6.45, 7) is 5.03. The zero-order valence-corrected chi connectivity index (χ0v) is 10.9. The van der Waals surface area contributed by atoms with E-state index in [2.05, 4.69) is 17.9 Å². The molecular weight excluding hydrogens is 222 g/mol. The fraction of sp³-hybridized carbons (Fsp3) is 0.533. The minimum Gasteiger partial charge on any atom is -0.327 e. The Kier molecular flexibility index (Phi) is 4.35. The number of hydrogen-bond donors (Lipinski definition) is 1. The standard InChI is InChI=1S/C15H21N3/c1-12-10-18(8-7-15(12)17)11-14(9-16)13-5-3-2-4-6-13/h2-6,12,14-15H,7-8,10-11,17H2,1H3. The van der Waals surface area contributed by atoms with Gasteiger partial charge in [-0.1, -0.05) is 37.3 Å². The molecule has 0 amide bonds. The molecule has 1 aliphatic rings. The molecule has 3 unspecified atom stereocenters. The van der Waals surface area contributed by atoms with Crippen molar-refractivity contribution < 1.29 is 0 Å². The Morgan fingerprint density at radius 1 is 1.44 bits per heavy atom. The molecule has 3 atom stereocenters. The number of likely N-dealkylation sites (tertiary alicyclic amines) is 1. The van der Waals surface area contributed by atoms with Gasteiger partial charge in [0.05, 0.1) is 12.0 Å². The molecule has 96 valence electrons. The van der Waals surface area contributed by atoms with E-state index >= 15 is 0 Å². The van der Waals surface area contributed by atoms with Crippen molar-refractivity contribution in [2.75, 3.05) is 19.6 Å². The molecule has 1 aliphatic heterocycles. The molecule has 0 spiro atoms. The first-order valence-electron chi connectivity index (χ1n) is 6.63. The molecule has 1 heterocycles. The minimum absolute atomic E-state index is 0.0345. The number of hydrogen-bond acceptors (Lipinski definition) is 3. The van der Waals surface area contributed by atoms with Crippen LogP contribution in [-0.4, -0.2) is 30.6 Å². The topological polar surface area (TPSA) is 53.0 Å². The Morgan fingerprint density at radius 3 is 2.78 bits per heavy atom. The van der Waals surface area contributed by atoms with Crippen LogP contribution < -0.4 is 5.73 Å². The molecule has 3 nitrogen and oxygen atoms in total. The first-order valence-corrected chi connectivity index (χ1v) is 6.63. The van der Waals surface area contributed by atoms with Crippen LogP contribution in [0.5, 0.6) is 0 Å². The predicted molar refractivity (Wildman–Crippen MR) is 73.0 cm³/mol. The van der Waals surface area contributed by atoms with Crippen LogP contribution in [0.25, 0.3) is 0 Å². The van der Waals surface area contributed by atoms with Crippen molar-refractivity contribution >= 4 is 0 Å². The van der Waals surface area contributed by atoms with Crippen LogP contribution in [0, 0.1) is 17.2 Å². The normalized spacial score (nSPS) is 26.5. The van der Waals surface area contributed by atoms with Gasteiger partial charge in [-0.15, -0.1) is 0 Å². The highest BCUT2D eigenvalue weighted by molar-refractivity contribution is 5.25. The van der Waals surface area contributed by atoms with Crippen LogP contribution in [0.15, 0.2) is 30.3 Å². The molecule has 0 bridgehead atoms. The second-order valence-electron chi connectivity index (χ2n) is 5.28. The van der Waals surface area contributed by atoms with Crippen molar-refractivity contribution in [1.82, 2.24) is 4.90 Å². The van der Waals surface area contributed by atoms with Crippen molar-refractivity contribution in [3.63, 3.8) is 0 Å². The summed E-state index contributed by atoms with van der Waals surface area (Å²) in [7, 11) is 0. The van der Waals surface area contributed by atoms with E-state index in [4.69, 9.17) is 5.73 Å². The zero-order chi connectivity index (χ0) is 13.0. The van der Waals surface area contributed by atoms with E-state index in [1.807, 2.05) is 30.3 Å². The van der Waals surface area contributed by atoms with E-state index < -0.39 is 0 Å². The van der Waals surface area contributed by atoms with Crippen molar-refractivity contribution in [3.05, 3.63) is 35.9 Å². The molecule has 2 N–H and O–H groups in total. The molecule has 0 saturated carbocycles. The van der Waals surface area contributed by atoms with Crippen molar-refractivity contribution in [2.24, 2.45) is 11.7 Å². The van der Waals surface area contributed by atoms with Gasteiger partial charge in [0.2, 0.25) is 0 Å². The maximum atomic E-state index is 9.33. The summed E-state index contributed by atoms with van der Waals surface area (Å²) in [5.41, 5.74) is 7.14. The largest absolute Gasteiger partial charge is 0.327 e. The average molecular weight is 243 g/mol. The lowest BCUT2D eigenvalue weighted by Gasteiger charge is -2.35. The monoisotopic (exact) mass is 243 g/mol. The van der Waals surface area contributed by atoms with Crippen molar-refractivity contribution in [1.29, 1.82) is 5.26 Å². The quantitative estimate of drug-likeness (QED) is 0.883. The lowest BCUT2D eigenvalue weighted by Crippen LogP contribution is -2.46. The summed E-state index contributed by atoms with van der Waals surface area (Å²) in [6, 6.07) is 12.8. The number of nitriles is 1. The molecule has 1 fully saturated rings. The van der Waals surface area contributed by atoms with Gasteiger partial charge in [0.1, 0.15) is 0 Å². The molecule has 1 saturated heterocycles. The predicted octanol–water partition coefficient (Wildman–Crippen LogP) is 1.96. The highest BCUT2D eigenvalue weighted by atomic mass is 15.1. The van der Waals surface area contributed by atoms with Gasteiger partial charge in [-0.25, -0.2) is 0 Å². The zero-order valence-electron chi connectivity index (χ0n) is 10.9. The van der Waals surface area contributed by atoms with Gasteiger partial charge >= 0.3 is 0 Å². The first kappa shape index (κ1) is 13.1. The van der Waals surface area contributed by atoms with Gasteiger partial charge < -0.3 is 10.6 Å². The third-order valence-electron chi connectivity index (χ3n) is 3.85. The van der Waals surface area contributed by atoms with Crippen LogP contribution in [0.3, 0.4) is 0 Å².